The largest absolute Gasteiger partial charge is 0.333 e. The Morgan fingerprint density at radius 2 is 1.83 bits per heavy atom. The maximum Gasteiger partial charge on any atom is 0.293 e. The molecule has 23 heavy (non-hydrogen) atoms. The average Bonchev–Trinajstić information content (AvgIpc) is 2.97. The van der Waals surface area contributed by atoms with E-state index in [9.17, 15) is 4.79 Å². The van der Waals surface area contributed by atoms with Crippen molar-refractivity contribution in [3.63, 3.8) is 0 Å². The molecule has 0 aliphatic carbocycles. The highest BCUT2D eigenvalue weighted by atomic mass is 35.5. The van der Waals surface area contributed by atoms with Crippen LogP contribution in [0.4, 0.5) is 0 Å². The molecule has 3 rings (SSSR count). The summed E-state index contributed by atoms with van der Waals surface area (Å²) in [7, 11) is 0. The van der Waals surface area contributed by atoms with Crippen molar-refractivity contribution in [3.8, 4) is 5.69 Å². The summed E-state index contributed by atoms with van der Waals surface area (Å²) < 4.78 is 1.67. The summed E-state index contributed by atoms with van der Waals surface area (Å²) in [4.78, 5) is 21.1. The van der Waals surface area contributed by atoms with Crippen molar-refractivity contribution in [2.75, 3.05) is 32.7 Å². The predicted octanol–water partition coefficient (Wildman–Crippen LogP) is 2.01. The summed E-state index contributed by atoms with van der Waals surface area (Å²) in [6, 6.07) is 7.31. The van der Waals surface area contributed by atoms with Gasteiger partial charge in [0.2, 0.25) is 5.82 Å². The molecule has 0 spiro atoms. The van der Waals surface area contributed by atoms with Crippen molar-refractivity contribution in [1.29, 1.82) is 0 Å². The van der Waals surface area contributed by atoms with Gasteiger partial charge in [-0.05, 0) is 37.7 Å². The number of aromatic nitrogens is 3. The number of hydrogen-bond donors (Lipinski definition) is 0. The van der Waals surface area contributed by atoms with E-state index in [1.165, 1.54) is 0 Å². The van der Waals surface area contributed by atoms with Crippen LogP contribution in [0.2, 0.25) is 5.02 Å². The van der Waals surface area contributed by atoms with Crippen LogP contribution in [0.25, 0.3) is 5.69 Å². The van der Waals surface area contributed by atoms with Crippen LogP contribution in [0.15, 0.2) is 24.3 Å². The lowest BCUT2D eigenvalue weighted by molar-refractivity contribution is 0.0631. The van der Waals surface area contributed by atoms with E-state index in [1.807, 2.05) is 24.0 Å². The highest BCUT2D eigenvalue weighted by molar-refractivity contribution is 6.30. The SMILES string of the molecule is CCN1CCN(C(=O)c2nc(C)n(-c3ccc(Cl)cc3)n2)CC1. The van der Waals surface area contributed by atoms with E-state index < -0.39 is 0 Å². The summed E-state index contributed by atoms with van der Waals surface area (Å²) in [5.74, 6) is 0.835. The number of amides is 1. The Bertz CT molecular complexity index is 689. The highest BCUT2D eigenvalue weighted by Gasteiger charge is 2.25. The van der Waals surface area contributed by atoms with Crippen molar-refractivity contribution >= 4 is 17.5 Å². The quantitative estimate of drug-likeness (QED) is 0.862. The number of carbonyl (C=O) groups is 1. The van der Waals surface area contributed by atoms with Crippen molar-refractivity contribution in [1.82, 2.24) is 24.6 Å². The van der Waals surface area contributed by atoms with Crippen molar-refractivity contribution in [2.45, 2.75) is 13.8 Å². The van der Waals surface area contributed by atoms with Crippen LogP contribution in [0.3, 0.4) is 0 Å². The minimum Gasteiger partial charge on any atom is -0.333 e. The van der Waals surface area contributed by atoms with Gasteiger partial charge >= 0.3 is 0 Å². The molecule has 1 fully saturated rings. The molecule has 7 heteroatoms. The maximum atomic E-state index is 12.6. The molecule has 1 aromatic carbocycles. The zero-order valence-electron chi connectivity index (χ0n) is 13.4. The third-order valence-corrected chi connectivity index (χ3v) is 4.39. The van der Waals surface area contributed by atoms with Gasteiger partial charge in [-0.3, -0.25) is 4.79 Å². The van der Waals surface area contributed by atoms with Crippen LogP contribution in [0.1, 0.15) is 23.4 Å². The molecule has 0 bridgehead atoms. The number of likely N-dealkylation sites (N-methyl/N-ethyl adjacent to an activating group) is 1. The van der Waals surface area contributed by atoms with Gasteiger partial charge in [-0.25, -0.2) is 9.67 Å². The molecule has 2 heterocycles. The van der Waals surface area contributed by atoms with Gasteiger partial charge < -0.3 is 9.80 Å². The first kappa shape index (κ1) is 16.0. The smallest absolute Gasteiger partial charge is 0.293 e. The monoisotopic (exact) mass is 333 g/mol. The lowest BCUT2D eigenvalue weighted by Gasteiger charge is -2.33. The molecule has 0 saturated carbocycles. The predicted molar refractivity (Wildman–Crippen MR) is 89.1 cm³/mol. The third kappa shape index (κ3) is 3.38. The van der Waals surface area contributed by atoms with Crippen LogP contribution in [-0.4, -0.2) is 63.2 Å². The molecule has 0 radical (unpaired) electrons. The Hall–Kier alpha value is -1.92. The Morgan fingerprint density at radius 3 is 2.43 bits per heavy atom. The summed E-state index contributed by atoms with van der Waals surface area (Å²) in [6.07, 6.45) is 0. The molecule has 1 aliphatic rings. The van der Waals surface area contributed by atoms with Gasteiger partial charge in [-0.1, -0.05) is 18.5 Å². The summed E-state index contributed by atoms with van der Waals surface area (Å²) in [6.45, 7) is 8.24. The number of benzene rings is 1. The number of piperazine rings is 1. The Balaban J connectivity index is 1.78. The second-order valence-electron chi connectivity index (χ2n) is 5.60. The molecule has 0 N–H and O–H groups in total. The standard InChI is InChI=1S/C16H20ClN5O/c1-3-20-8-10-21(11-9-20)16(23)15-18-12(2)22(19-15)14-6-4-13(17)5-7-14/h4-7H,3,8-11H2,1-2H3. The number of rotatable bonds is 3. The molecule has 1 amide bonds. The van der Waals surface area contributed by atoms with E-state index in [4.69, 9.17) is 11.6 Å². The number of halogens is 1. The van der Waals surface area contributed by atoms with Gasteiger partial charge in [-0.2, -0.15) is 0 Å². The molecule has 6 nitrogen and oxygen atoms in total. The maximum absolute atomic E-state index is 12.6. The van der Waals surface area contributed by atoms with E-state index in [0.717, 1.165) is 38.4 Å². The van der Waals surface area contributed by atoms with E-state index in [2.05, 4.69) is 21.9 Å². The Morgan fingerprint density at radius 1 is 1.17 bits per heavy atom. The number of aryl methyl sites for hydroxylation is 1. The summed E-state index contributed by atoms with van der Waals surface area (Å²) >= 11 is 5.91. The molecule has 0 unspecified atom stereocenters. The van der Waals surface area contributed by atoms with Gasteiger partial charge in [0.15, 0.2) is 0 Å². The minimum atomic E-state index is -0.100. The van der Waals surface area contributed by atoms with Crippen LogP contribution in [0.5, 0.6) is 0 Å². The lowest BCUT2D eigenvalue weighted by atomic mass is 10.3. The minimum absolute atomic E-state index is 0.100. The molecular formula is C16H20ClN5O. The fourth-order valence-corrected chi connectivity index (χ4v) is 2.84. The Labute approximate surface area is 140 Å². The second-order valence-corrected chi connectivity index (χ2v) is 6.03. The van der Waals surface area contributed by atoms with Crippen molar-refractivity contribution in [2.24, 2.45) is 0 Å². The molecule has 1 saturated heterocycles. The van der Waals surface area contributed by atoms with Crippen LogP contribution >= 0.6 is 11.6 Å². The molecular weight excluding hydrogens is 314 g/mol. The fraction of sp³-hybridized carbons (Fsp3) is 0.438. The topological polar surface area (TPSA) is 54.3 Å². The molecule has 2 aromatic rings. The molecule has 1 aromatic heterocycles. The number of carbonyl (C=O) groups excluding carboxylic acids is 1. The fourth-order valence-electron chi connectivity index (χ4n) is 2.72. The zero-order chi connectivity index (χ0) is 16.4. The van der Waals surface area contributed by atoms with Gasteiger partial charge in [-0.15, -0.1) is 5.10 Å². The van der Waals surface area contributed by atoms with Crippen molar-refractivity contribution < 1.29 is 4.79 Å². The van der Waals surface area contributed by atoms with Gasteiger partial charge in [0.25, 0.3) is 5.91 Å². The van der Waals surface area contributed by atoms with Crippen LogP contribution in [0, 0.1) is 6.92 Å². The first-order chi connectivity index (χ1) is 11.1. The highest BCUT2D eigenvalue weighted by Crippen LogP contribution is 2.15. The van der Waals surface area contributed by atoms with Gasteiger partial charge in [0, 0.05) is 31.2 Å². The number of nitrogens with zero attached hydrogens (tertiary/aromatic N) is 5. The van der Waals surface area contributed by atoms with Gasteiger partial charge in [0.1, 0.15) is 5.82 Å². The van der Waals surface area contributed by atoms with E-state index in [0.29, 0.717) is 10.8 Å². The molecule has 122 valence electrons. The first-order valence-corrected chi connectivity index (χ1v) is 8.17. The van der Waals surface area contributed by atoms with Gasteiger partial charge in [0.05, 0.1) is 5.69 Å². The van der Waals surface area contributed by atoms with Crippen LogP contribution in [-0.2, 0) is 0 Å². The van der Waals surface area contributed by atoms with E-state index in [-0.39, 0.29) is 11.7 Å². The second kappa shape index (κ2) is 6.68. The normalized spacial score (nSPS) is 15.9. The molecule has 0 atom stereocenters. The van der Waals surface area contributed by atoms with Crippen LogP contribution < -0.4 is 0 Å². The number of hydrogen-bond acceptors (Lipinski definition) is 4. The third-order valence-electron chi connectivity index (χ3n) is 4.14. The summed E-state index contributed by atoms with van der Waals surface area (Å²) in [5.41, 5.74) is 0.842. The average molecular weight is 334 g/mol. The molecule has 1 aliphatic heterocycles. The zero-order valence-corrected chi connectivity index (χ0v) is 14.1. The van der Waals surface area contributed by atoms with Crippen molar-refractivity contribution in [3.05, 3.63) is 40.9 Å². The first-order valence-electron chi connectivity index (χ1n) is 7.79. The Kier molecular flexibility index (Phi) is 4.63. The van der Waals surface area contributed by atoms with E-state index in [1.54, 1.807) is 16.8 Å². The lowest BCUT2D eigenvalue weighted by Crippen LogP contribution is -2.48. The van der Waals surface area contributed by atoms with E-state index >= 15 is 0 Å². The summed E-state index contributed by atoms with van der Waals surface area (Å²) in [5, 5.41) is 5.05.